The number of para-hydroxylation sites is 2. The summed E-state index contributed by atoms with van der Waals surface area (Å²) in [6, 6.07) is 15.4. The number of urea groups is 1. The number of carbonyl (C=O) groups is 2. The van der Waals surface area contributed by atoms with E-state index in [2.05, 4.69) is 0 Å². The number of ether oxygens (including phenoxy) is 1. The van der Waals surface area contributed by atoms with Gasteiger partial charge in [0.2, 0.25) is 0 Å². The van der Waals surface area contributed by atoms with Crippen LogP contribution in [0.4, 0.5) is 4.79 Å². The standard InChI is InChI=1S/C13H10O3.C5H10N2O/c14-13(15)11-8-4-5-9-12(11)16-10-6-2-1-3-7-10;6-5(8)7-3-1-2-4-7/h1-9H,(H,14,15);1-4H2,(H2,6,8). The summed E-state index contributed by atoms with van der Waals surface area (Å²) in [6.07, 6.45) is 2.23. The molecule has 2 aromatic rings. The van der Waals surface area contributed by atoms with E-state index in [0.717, 1.165) is 25.9 Å². The van der Waals surface area contributed by atoms with Crippen LogP contribution in [0, 0.1) is 0 Å². The van der Waals surface area contributed by atoms with Crippen LogP contribution in [-0.4, -0.2) is 35.1 Å². The first kappa shape index (κ1) is 17.3. The number of benzene rings is 2. The summed E-state index contributed by atoms with van der Waals surface area (Å²) in [5.41, 5.74) is 5.14. The summed E-state index contributed by atoms with van der Waals surface area (Å²) < 4.78 is 5.49. The number of aromatic carboxylic acids is 1. The van der Waals surface area contributed by atoms with Gasteiger partial charge in [-0.2, -0.15) is 0 Å². The number of likely N-dealkylation sites (tertiary alicyclic amines) is 1. The van der Waals surface area contributed by atoms with Crippen molar-refractivity contribution in [2.24, 2.45) is 5.73 Å². The molecule has 0 spiro atoms. The number of hydrogen-bond acceptors (Lipinski definition) is 3. The van der Waals surface area contributed by atoms with Crippen LogP contribution in [0.1, 0.15) is 23.2 Å². The van der Waals surface area contributed by atoms with Crippen LogP contribution >= 0.6 is 0 Å². The van der Waals surface area contributed by atoms with E-state index in [4.69, 9.17) is 15.6 Å². The average Bonchev–Trinajstić information content (AvgIpc) is 3.11. The Balaban J connectivity index is 0.000000219. The van der Waals surface area contributed by atoms with Crippen LogP contribution in [0.5, 0.6) is 11.5 Å². The van der Waals surface area contributed by atoms with E-state index < -0.39 is 5.97 Å². The molecule has 2 amide bonds. The maximum atomic E-state index is 10.9. The Hall–Kier alpha value is -3.02. The summed E-state index contributed by atoms with van der Waals surface area (Å²) in [6.45, 7) is 1.71. The zero-order valence-corrected chi connectivity index (χ0v) is 13.2. The third-order valence-electron chi connectivity index (χ3n) is 3.51. The van der Waals surface area contributed by atoms with Gasteiger partial charge in [0.1, 0.15) is 17.1 Å². The minimum atomic E-state index is -0.994. The molecule has 1 aliphatic rings. The SMILES string of the molecule is NC(=O)N1CCCC1.O=C(O)c1ccccc1Oc1ccccc1. The van der Waals surface area contributed by atoms with Gasteiger partial charge >= 0.3 is 12.0 Å². The zero-order chi connectivity index (χ0) is 17.4. The highest BCUT2D eigenvalue weighted by Crippen LogP contribution is 2.24. The lowest BCUT2D eigenvalue weighted by molar-refractivity contribution is 0.0694. The summed E-state index contributed by atoms with van der Waals surface area (Å²) in [5.74, 6) is -0.0241. The van der Waals surface area contributed by atoms with Crippen molar-refractivity contribution in [2.75, 3.05) is 13.1 Å². The van der Waals surface area contributed by atoms with Gasteiger partial charge in [-0.1, -0.05) is 30.3 Å². The predicted octanol–water partition coefficient (Wildman–Crippen LogP) is 3.34. The third kappa shape index (κ3) is 5.01. The van der Waals surface area contributed by atoms with E-state index in [1.807, 2.05) is 18.2 Å². The minimum Gasteiger partial charge on any atom is -0.478 e. The molecule has 0 atom stereocenters. The quantitative estimate of drug-likeness (QED) is 0.903. The molecule has 2 aromatic carbocycles. The minimum absolute atomic E-state index is 0.159. The summed E-state index contributed by atoms with van der Waals surface area (Å²) in [7, 11) is 0. The molecule has 0 aliphatic carbocycles. The van der Waals surface area contributed by atoms with Crippen LogP contribution in [0.2, 0.25) is 0 Å². The van der Waals surface area contributed by atoms with E-state index in [1.165, 1.54) is 6.07 Å². The maximum absolute atomic E-state index is 10.9. The van der Waals surface area contributed by atoms with Gasteiger partial charge in [-0.25, -0.2) is 9.59 Å². The Morgan fingerprint density at radius 1 is 0.958 bits per heavy atom. The van der Waals surface area contributed by atoms with Crippen LogP contribution in [0.3, 0.4) is 0 Å². The second-order valence-electron chi connectivity index (χ2n) is 5.25. The van der Waals surface area contributed by atoms with E-state index >= 15 is 0 Å². The molecule has 1 heterocycles. The van der Waals surface area contributed by atoms with E-state index in [0.29, 0.717) is 11.5 Å². The number of amides is 2. The first-order chi connectivity index (χ1) is 11.6. The number of primary amides is 1. The predicted molar refractivity (Wildman–Crippen MR) is 90.3 cm³/mol. The monoisotopic (exact) mass is 328 g/mol. The van der Waals surface area contributed by atoms with Gasteiger partial charge in [-0.3, -0.25) is 0 Å². The number of nitrogens with two attached hydrogens (primary N) is 1. The fourth-order valence-corrected chi connectivity index (χ4v) is 2.29. The van der Waals surface area contributed by atoms with Crippen molar-refractivity contribution in [3.8, 4) is 11.5 Å². The van der Waals surface area contributed by atoms with Crippen molar-refractivity contribution in [1.29, 1.82) is 0 Å². The van der Waals surface area contributed by atoms with Gasteiger partial charge in [0.15, 0.2) is 0 Å². The fraction of sp³-hybridized carbons (Fsp3) is 0.222. The molecule has 24 heavy (non-hydrogen) atoms. The van der Waals surface area contributed by atoms with Crippen molar-refractivity contribution in [3.05, 3.63) is 60.2 Å². The Bertz CT molecular complexity index is 682. The normalized spacial score (nSPS) is 12.9. The van der Waals surface area contributed by atoms with Gasteiger partial charge in [-0.05, 0) is 37.1 Å². The van der Waals surface area contributed by atoms with Crippen molar-refractivity contribution in [2.45, 2.75) is 12.8 Å². The molecular weight excluding hydrogens is 308 g/mol. The molecule has 126 valence electrons. The molecule has 0 bridgehead atoms. The topological polar surface area (TPSA) is 92.9 Å². The molecule has 0 aromatic heterocycles. The summed E-state index contributed by atoms with van der Waals surface area (Å²) in [5, 5.41) is 8.96. The van der Waals surface area contributed by atoms with Crippen LogP contribution in [0.15, 0.2) is 54.6 Å². The van der Waals surface area contributed by atoms with Crippen molar-refractivity contribution in [3.63, 3.8) is 0 Å². The molecule has 1 fully saturated rings. The number of nitrogens with zero attached hydrogens (tertiary/aromatic N) is 1. The van der Waals surface area contributed by atoms with Gasteiger partial charge < -0.3 is 20.5 Å². The average molecular weight is 328 g/mol. The highest BCUT2D eigenvalue weighted by atomic mass is 16.5. The molecule has 0 saturated carbocycles. The van der Waals surface area contributed by atoms with Crippen molar-refractivity contribution in [1.82, 2.24) is 4.90 Å². The largest absolute Gasteiger partial charge is 0.478 e. The third-order valence-corrected chi connectivity index (χ3v) is 3.51. The number of carboxylic acids is 1. The van der Waals surface area contributed by atoms with Crippen LogP contribution in [-0.2, 0) is 0 Å². The van der Waals surface area contributed by atoms with E-state index in [9.17, 15) is 9.59 Å². The van der Waals surface area contributed by atoms with E-state index in [-0.39, 0.29) is 11.6 Å². The maximum Gasteiger partial charge on any atom is 0.339 e. The summed E-state index contributed by atoms with van der Waals surface area (Å²) >= 11 is 0. The molecule has 1 aliphatic heterocycles. The molecule has 0 unspecified atom stereocenters. The number of rotatable bonds is 3. The Kier molecular flexibility index (Phi) is 6.19. The van der Waals surface area contributed by atoms with Crippen molar-refractivity contribution >= 4 is 12.0 Å². The lowest BCUT2D eigenvalue weighted by atomic mass is 10.2. The summed E-state index contributed by atoms with van der Waals surface area (Å²) in [4.78, 5) is 22.9. The zero-order valence-electron chi connectivity index (χ0n) is 13.2. The van der Waals surface area contributed by atoms with Gasteiger partial charge in [-0.15, -0.1) is 0 Å². The Labute approximate surface area is 140 Å². The second kappa shape index (κ2) is 8.57. The number of carbonyl (C=O) groups excluding carboxylic acids is 1. The second-order valence-corrected chi connectivity index (χ2v) is 5.25. The van der Waals surface area contributed by atoms with Crippen molar-refractivity contribution < 1.29 is 19.4 Å². The molecule has 3 rings (SSSR count). The molecule has 6 nitrogen and oxygen atoms in total. The highest BCUT2D eigenvalue weighted by Gasteiger charge is 2.13. The van der Waals surface area contributed by atoms with Gasteiger partial charge in [0.05, 0.1) is 0 Å². The first-order valence-corrected chi connectivity index (χ1v) is 7.67. The van der Waals surface area contributed by atoms with Crippen LogP contribution < -0.4 is 10.5 Å². The smallest absolute Gasteiger partial charge is 0.339 e. The Morgan fingerprint density at radius 3 is 2.08 bits per heavy atom. The molecule has 3 N–H and O–H groups in total. The lowest BCUT2D eigenvalue weighted by Gasteiger charge is -2.09. The molecular formula is C18H20N2O4. The fourth-order valence-electron chi connectivity index (χ4n) is 2.29. The first-order valence-electron chi connectivity index (χ1n) is 7.67. The Morgan fingerprint density at radius 2 is 1.54 bits per heavy atom. The number of hydrogen-bond donors (Lipinski definition) is 2. The van der Waals surface area contributed by atoms with E-state index in [1.54, 1.807) is 35.2 Å². The highest BCUT2D eigenvalue weighted by molar-refractivity contribution is 5.90. The van der Waals surface area contributed by atoms with Crippen LogP contribution in [0.25, 0.3) is 0 Å². The van der Waals surface area contributed by atoms with Gasteiger partial charge in [0, 0.05) is 13.1 Å². The lowest BCUT2D eigenvalue weighted by Crippen LogP contribution is -2.32. The van der Waals surface area contributed by atoms with Gasteiger partial charge in [0.25, 0.3) is 0 Å². The number of carboxylic acid groups (broad SMARTS) is 1. The molecule has 0 radical (unpaired) electrons. The molecule has 6 heteroatoms. The molecule has 1 saturated heterocycles.